The van der Waals surface area contributed by atoms with Crippen molar-refractivity contribution in [2.75, 3.05) is 0 Å². The van der Waals surface area contributed by atoms with Crippen LogP contribution in [0.15, 0.2) is 41.7 Å². The number of allylic oxidation sites excluding steroid dienone is 4. The Morgan fingerprint density at radius 2 is 2.00 bits per heavy atom. The van der Waals surface area contributed by atoms with Gasteiger partial charge in [-0.1, -0.05) is 0 Å². The van der Waals surface area contributed by atoms with Gasteiger partial charge in [-0.2, -0.15) is 17.6 Å². The van der Waals surface area contributed by atoms with Crippen LogP contribution in [0.25, 0.3) is 0 Å². The van der Waals surface area contributed by atoms with E-state index in [1.165, 1.54) is 0 Å². The summed E-state index contributed by atoms with van der Waals surface area (Å²) in [5.74, 6) is -3.19. The first-order chi connectivity index (χ1) is 5.51. The Kier molecular flexibility index (Phi) is 2.20. The maximum Gasteiger partial charge on any atom is 0.292 e. The van der Waals surface area contributed by atoms with E-state index in [1.807, 2.05) is 5.73 Å². The summed E-state index contributed by atoms with van der Waals surface area (Å²) in [6.07, 6.45) is 0.320. The third-order valence-electron chi connectivity index (χ3n) is 1.22. The van der Waals surface area contributed by atoms with Gasteiger partial charge in [-0.05, 0) is 18.2 Å². The summed E-state index contributed by atoms with van der Waals surface area (Å²) in [6.45, 7) is 0. The number of halogens is 4. The van der Waals surface area contributed by atoms with Crippen molar-refractivity contribution in [3.05, 3.63) is 41.7 Å². The fraction of sp³-hybridized carbons (Fsp3) is 0.125. The molecule has 0 unspecified atom stereocenters. The molecule has 0 amide bonds. The summed E-state index contributed by atoms with van der Waals surface area (Å²) in [7, 11) is 0. The number of hydrogen-bond acceptors (Lipinski definition) is 0. The van der Waals surface area contributed by atoms with Gasteiger partial charge in [0.1, 0.15) is 0 Å². The number of rotatable bonds is 0. The second kappa shape index (κ2) is 2.99. The van der Waals surface area contributed by atoms with E-state index in [0.29, 0.717) is 18.2 Å². The molecule has 0 N–H and O–H groups in total. The average Bonchev–Trinajstić information content (AvgIpc) is 2.10. The molecule has 0 aromatic rings. The molecule has 0 radical (unpaired) electrons. The van der Waals surface area contributed by atoms with Crippen molar-refractivity contribution in [3.8, 4) is 0 Å². The summed E-state index contributed by atoms with van der Waals surface area (Å²) in [4.78, 5) is 0. The van der Waals surface area contributed by atoms with E-state index < -0.39 is 17.6 Å². The Morgan fingerprint density at radius 3 is 2.58 bits per heavy atom. The van der Waals surface area contributed by atoms with Crippen LogP contribution in [0.1, 0.15) is 0 Å². The maximum absolute atomic E-state index is 12.4. The predicted molar refractivity (Wildman–Crippen MR) is 36.0 cm³/mol. The molecule has 1 rings (SSSR count). The normalized spacial score (nSPS) is 19.5. The lowest BCUT2D eigenvalue weighted by molar-refractivity contribution is 0.112. The minimum absolute atomic E-state index is 0.401. The van der Waals surface area contributed by atoms with Gasteiger partial charge in [0.15, 0.2) is 0 Å². The molecule has 0 fully saturated rings. The van der Waals surface area contributed by atoms with Crippen LogP contribution < -0.4 is 0 Å². The molecular weight excluding hydrogens is 172 g/mol. The second-order valence-electron chi connectivity index (χ2n) is 2.18. The molecule has 0 saturated carbocycles. The highest BCUT2D eigenvalue weighted by Crippen LogP contribution is 2.21. The zero-order chi connectivity index (χ0) is 9.19. The maximum atomic E-state index is 12.4. The standard InChI is InChI=1S/C8H4F4/c9-7(10)6-2-1-4-8(11,12)5-3-6/h2-5H. The molecule has 12 heavy (non-hydrogen) atoms. The Bertz CT molecular complexity index is 299. The van der Waals surface area contributed by atoms with E-state index in [0.717, 1.165) is 6.08 Å². The minimum atomic E-state index is -3.19. The monoisotopic (exact) mass is 176 g/mol. The molecule has 0 spiro atoms. The van der Waals surface area contributed by atoms with Crippen LogP contribution in [0.3, 0.4) is 0 Å². The van der Waals surface area contributed by atoms with Crippen molar-refractivity contribution < 1.29 is 17.6 Å². The summed E-state index contributed by atoms with van der Waals surface area (Å²) >= 11 is 0. The third kappa shape index (κ3) is 2.10. The number of hydrogen-bond donors (Lipinski definition) is 0. The van der Waals surface area contributed by atoms with Crippen LogP contribution in [0.5, 0.6) is 0 Å². The Morgan fingerprint density at radius 1 is 1.33 bits per heavy atom. The van der Waals surface area contributed by atoms with Gasteiger partial charge in [-0.3, -0.25) is 0 Å². The van der Waals surface area contributed by atoms with Crippen LogP contribution in [0.2, 0.25) is 0 Å². The molecule has 0 heterocycles. The van der Waals surface area contributed by atoms with Gasteiger partial charge in [-0.15, -0.1) is 5.73 Å². The molecule has 0 aliphatic heterocycles. The molecule has 1 aliphatic carbocycles. The summed E-state index contributed by atoms with van der Waals surface area (Å²) < 4.78 is 48.5. The molecule has 64 valence electrons. The van der Waals surface area contributed by atoms with Crippen molar-refractivity contribution in [1.82, 2.24) is 0 Å². The van der Waals surface area contributed by atoms with Gasteiger partial charge in [0.05, 0.1) is 0 Å². The third-order valence-corrected chi connectivity index (χ3v) is 1.22. The highest BCUT2D eigenvalue weighted by molar-refractivity contribution is 5.35. The van der Waals surface area contributed by atoms with E-state index in [-0.39, 0.29) is 0 Å². The van der Waals surface area contributed by atoms with Crippen molar-refractivity contribution >= 4 is 0 Å². The molecule has 0 saturated heterocycles. The van der Waals surface area contributed by atoms with Crippen molar-refractivity contribution in [1.29, 1.82) is 0 Å². The van der Waals surface area contributed by atoms with E-state index in [9.17, 15) is 17.6 Å². The van der Waals surface area contributed by atoms with Crippen LogP contribution >= 0.6 is 0 Å². The van der Waals surface area contributed by atoms with Crippen LogP contribution in [-0.4, -0.2) is 5.92 Å². The molecule has 0 aromatic heterocycles. The Balaban J connectivity index is 3.10. The van der Waals surface area contributed by atoms with Gasteiger partial charge in [0.25, 0.3) is 12.0 Å². The second-order valence-corrected chi connectivity index (χ2v) is 2.18. The fourth-order valence-corrected chi connectivity index (χ4v) is 0.657. The summed E-state index contributed by atoms with van der Waals surface area (Å²) in [5.41, 5.74) is 1.43. The molecule has 0 aromatic carbocycles. The Hall–Kier alpha value is -1.28. The zero-order valence-electron chi connectivity index (χ0n) is 5.82. The lowest BCUT2D eigenvalue weighted by Crippen LogP contribution is -2.05. The van der Waals surface area contributed by atoms with Gasteiger partial charge in [-0.25, -0.2) is 0 Å². The molecule has 4 heteroatoms. The SMILES string of the molecule is FC(F)=C1C=C=CC(F)(F)C=C1. The van der Waals surface area contributed by atoms with E-state index in [2.05, 4.69) is 0 Å². The van der Waals surface area contributed by atoms with Gasteiger partial charge in [0, 0.05) is 11.6 Å². The molecule has 1 aliphatic rings. The van der Waals surface area contributed by atoms with Crippen molar-refractivity contribution in [3.63, 3.8) is 0 Å². The van der Waals surface area contributed by atoms with Crippen molar-refractivity contribution in [2.45, 2.75) is 5.92 Å². The zero-order valence-corrected chi connectivity index (χ0v) is 5.82. The quantitative estimate of drug-likeness (QED) is 0.393. The summed E-state index contributed by atoms with van der Waals surface area (Å²) in [6, 6.07) is 0. The van der Waals surface area contributed by atoms with Crippen LogP contribution in [0.4, 0.5) is 17.6 Å². The first-order valence-electron chi connectivity index (χ1n) is 3.07. The van der Waals surface area contributed by atoms with Crippen molar-refractivity contribution in [2.24, 2.45) is 0 Å². The first kappa shape index (κ1) is 8.81. The lowest BCUT2D eigenvalue weighted by Gasteiger charge is -2.00. The summed E-state index contributed by atoms with van der Waals surface area (Å²) in [5, 5.41) is 0. The molecule has 0 atom stereocenters. The average molecular weight is 176 g/mol. The molecule has 0 nitrogen and oxygen atoms in total. The fourth-order valence-electron chi connectivity index (χ4n) is 0.657. The van der Waals surface area contributed by atoms with Gasteiger partial charge in [0.2, 0.25) is 0 Å². The van der Waals surface area contributed by atoms with Gasteiger partial charge >= 0.3 is 0 Å². The molecular formula is C8H4F4. The number of alkyl halides is 2. The largest absolute Gasteiger partial charge is 0.292 e. The Labute approximate surface area is 66.2 Å². The van der Waals surface area contributed by atoms with E-state index >= 15 is 0 Å². The predicted octanol–water partition coefficient (Wildman–Crippen LogP) is 3.05. The molecule has 0 bridgehead atoms. The van der Waals surface area contributed by atoms with Crippen LogP contribution in [-0.2, 0) is 0 Å². The lowest BCUT2D eigenvalue weighted by atomic mass is 10.2. The van der Waals surface area contributed by atoms with E-state index in [4.69, 9.17) is 0 Å². The smallest absolute Gasteiger partial charge is 0.196 e. The minimum Gasteiger partial charge on any atom is -0.196 e. The van der Waals surface area contributed by atoms with Crippen LogP contribution in [0, 0.1) is 0 Å². The highest BCUT2D eigenvalue weighted by atomic mass is 19.3. The van der Waals surface area contributed by atoms with E-state index in [1.54, 1.807) is 0 Å². The first-order valence-corrected chi connectivity index (χ1v) is 3.07. The topological polar surface area (TPSA) is 0 Å². The van der Waals surface area contributed by atoms with Gasteiger partial charge < -0.3 is 0 Å². The highest BCUT2D eigenvalue weighted by Gasteiger charge is 2.21.